The number of fused-ring (bicyclic) bond motifs is 1. The van der Waals surface area contributed by atoms with Gasteiger partial charge in [0, 0.05) is 27.9 Å². The minimum absolute atomic E-state index is 0.277. The lowest BCUT2D eigenvalue weighted by Gasteiger charge is -2.08. The highest BCUT2D eigenvalue weighted by atomic mass is 35.5. The minimum atomic E-state index is -0.277. The summed E-state index contributed by atoms with van der Waals surface area (Å²) in [5.74, 6) is 0.186. The number of benzene rings is 3. The molecule has 0 saturated carbocycles. The number of carbonyl (C=O) groups is 1. The second kappa shape index (κ2) is 8.88. The smallest absolute Gasteiger partial charge is 0.248 e. The van der Waals surface area contributed by atoms with Crippen LogP contribution < -0.4 is 10.1 Å². The van der Waals surface area contributed by atoms with Gasteiger partial charge in [-0.3, -0.25) is 4.79 Å². The van der Waals surface area contributed by atoms with Crippen LogP contribution in [0.1, 0.15) is 5.56 Å². The Bertz CT molecular complexity index is 1220. The maximum atomic E-state index is 12.3. The number of ether oxygens (including phenoxy) is 1. The summed E-state index contributed by atoms with van der Waals surface area (Å²) in [6, 6.07) is 18.9. The fraction of sp³-hybridized carbons (Fsp3) is 0.0435. The highest BCUT2D eigenvalue weighted by molar-refractivity contribution is 7.21. The van der Waals surface area contributed by atoms with Crippen molar-refractivity contribution in [3.05, 3.63) is 82.3 Å². The number of thiazole rings is 1. The molecule has 0 unspecified atom stereocenters. The van der Waals surface area contributed by atoms with Crippen molar-refractivity contribution >= 4 is 62.4 Å². The number of aromatic nitrogens is 1. The van der Waals surface area contributed by atoms with E-state index < -0.39 is 0 Å². The standard InChI is InChI=1S/C23H16Cl2N2O2S/c1-29-22-15(12-16(24)13-18(22)25)8-11-21(28)26-17-9-6-14(7-10-17)23-27-19-4-2-3-5-20(19)30-23/h2-13H,1H3,(H,26,28). The summed E-state index contributed by atoms with van der Waals surface area (Å²) in [7, 11) is 1.51. The minimum Gasteiger partial charge on any atom is -0.495 e. The summed E-state index contributed by atoms with van der Waals surface area (Å²) in [4.78, 5) is 17.0. The molecule has 150 valence electrons. The summed E-state index contributed by atoms with van der Waals surface area (Å²) in [5, 5.41) is 4.63. The Morgan fingerprint density at radius 2 is 1.87 bits per heavy atom. The van der Waals surface area contributed by atoms with Gasteiger partial charge < -0.3 is 10.1 Å². The third-order valence-electron chi connectivity index (χ3n) is 4.35. The molecule has 0 aliphatic heterocycles. The van der Waals surface area contributed by atoms with E-state index in [0.717, 1.165) is 20.8 Å². The predicted molar refractivity (Wildman–Crippen MR) is 126 cm³/mol. The molecule has 0 saturated heterocycles. The number of para-hydroxylation sites is 1. The van der Waals surface area contributed by atoms with Crippen molar-refractivity contribution < 1.29 is 9.53 Å². The molecule has 1 heterocycles. The second-order valence-electron chi connectivity index (χ2n) is 6.40. The molecule has 4 aromatic rings. The summed E-state index contributed by atoms with van der Waals surface area (Å²) >= 11 is 13.8. The van der Waals surface area contributed by atoms with E-state index in [2.05, 4.69) is 16.4 Å². The zero-order valence-corrected chi connectivity index (χ0v) is 18.2. The largest absolute Gasteiger partial charge is 0.495 e. The molecule has 0 aliphatic rings. The Morgan fingerprint density at radius 3 is 2.60 bits per heavy atom. The van der Waals surface area contributed by atoms with Gasteiger partial charge in [-0.05, 0) is 54.6 Å². The average Bonchev–Trinajstić information content (AvgIpc) is 3.17. The van der Waals surface area contributed by atoms with E-state index in [4.69, 9.17) is 27.9 Å². The Labute approximate surface area is 187 Å². The molecule has 1 amide bonds. The van der Waals surface area contributed by atoms with Gasteiger partial charge in [-0.15, -0.1) is 11.3 Å². The Hall–Kier alpha value is -2.86. The van der Waals surface area contributed by atoms with Gasteiger partial charge >= 0.3 is 0 Å². The van der Waals surface area contributed by atoms with E-state index in [0.29, 0.717) is 27.0 Å². The SMILES string of the molecule is COc1c(Cl)cc(Cl)cc1C=CC(=O)Nc1ccc(-c2nc3ccccc3s2)cc1. The lowest BCUT2D eigenvalue weighted by molar-refractivity contribution is -0.111. The van der Waals surface area contributed by atoms with Crippen LogP contribution in [0.2, 0.25) is 10.0 Å². The molecule has 1 aromatic heterocycles. The number of methoxy groups -OCH3 is 1. The number of nitrogens with one attached hydrogen (secondary N) is 1. The van der Waals surface area contributed by atoms with Gasteiger partial charge in [-0.2, -0.15) is 0 Å². The normalized spacial score (nSPS) is 11.2. The molecule has 0 aliphatic carbocycles. The molecule has 7 heteroatoms. The first-order valence-electron chi connectivity index (χ1n) is 9.01. The van der Waals surface area contributed by atoms with Crippen molar-refractivity contribution in [2.75, 3.05) is 12.4 Å². The van der Waals surface area contributed by atoms with Crippen LogP contribution in [0.3, 0.4) is 0 Å². The summed E-state index contributed by atoms with van der Waals surface area (Å²) < 4.78 is 6.43. The second-order valence-corrected chi connectivity index (χ2v) is 8.27. The predicted octanol–water partition coefficient (Wildman–Crippen LogP) is 6.93. The maximum absolute atomic E-state index is 12.3. The van der Waals surface area contributed by atoms with Gasteiger partial charge in [-0.1, -0.05) is 35.3 Å². The van der Waals surface area contributed by atoms with Gasteiger partial charge in [0.05, 0.1) is 22.3 Å². The summed E-state index contributed by atoms with van der Waals surface area (Å²) in [6.07, 6.45) is 3.02. The van der Waals surface area contributed by atoms with Gasteiger partial charge in [0.2, 0.25) is 5.91 Å². The van der Waals surface area contributed by atoms with Crippen LogP contribution >= 0.6 is 34.5 Å². The van der Waals surface area contributed by atoms with Crippen LogP contribution in [-0.2, 0) is 4.79 Å². The van der Waals surface area contributed by atoms with Crippen LogP contribution in [-0.4, -0.2) is 18.0 Å². The number of amides is 1. The van der Waals surface area contributed by atoms with Crippen molar-refractivity contribution in [2.45, 2.75) is 0 Å². The molecular weight excluding hydrogens is 439 g/mol. The molecule has 0 fully saturated rings. The van der Waals surface area contributed by atoms with Crippen LogP contribution in [0.4, 0.5) is 5.69 Å². The number of hydrogen-bond donors (Lipinski definition) is 1. The third-order valence-corrected chi connectivity index (χ3v) is 5.93. The maximum Gasteiger partial charge on any atom is 0.248 e. The number of rotatable bonds is 5. The molecule has 30 heavy (non-hydrogen) atoms. The van der Waals surface area contributed by atoms with Crippen molar-refractivity contribution in [3.8, 4) is 16.3 Å². The van der Waals surface area contributed by atoms with E-state index in [-0.39, 0.29) is 5.91 Å². The van der Waals surface area contributed by atoms with E-state index in [1.165, 1.54) is 13.2 Å². The van der Waals surface area contributed by atoms with E-state index >= 15 is 0 Å². The van der Waals surface area contributed by atoms with Crippen molar-refractivity contribution in [2.24, 2.45) is 0 Å². The molecular formula is C23H16Cl2N2O2S. The van der Waals surface area contributed by atoms with Gasteiger partial charge in [0.25, 0.3) is 0 Å². The first-order valence-corrected chi connectivity index (χ1v) is 10.6. The Kier molecular flexibility index (Phi) is 6.04. The summed E-state index contributed by atoms with van der Waals surface area (Å²) in [6.45, 7) is 0. The van der Waals surface area contributed by atoms with Crippen LogP contribution in [0, 0.1) is 0 Å². The molecule has 0 bridgehead atoms. The zero-order valence-electron chi connectivity index (χ0n) is 15.9. The fourth-order valence-corrected chi connectivity index (χ4v) is 4.52. The van der Waals surface area contributed by atoms with Crippen LogP contribution in [0.15, 0.2) is 66.7 Å². The monoisotopic (exact) mass is 454 g/mol. The molecule has 0 atom stereocenters. The number of anilines is 1. The highest BCUT2D eigenvalue weighted by Crippen LogP contribution is 2.33. The van der Waals surface area contributed by atoms with Gasteiger partial charge in [0.15, 0.2) is 0 Å². The lowest BCUT2D eigenvalue weighted by Crippen LogP contribution is -2.07. The number of hydrogen-bond acceptors (Lipinski definition) is 4. The Morgan fingerprint density at radius 1 is 1.10 bits per heavy atom. The van der Waals surface area contributed by atoms with Crippen LogP contribution in [0.5, 0.6) is 5.75 Å². The number of halogens is 2. The molecule has 4 rings (SSSR count). The first kappa shape index (κ1) is 20.4. The summed E-state index contributed by atoms with van der Waals surface area (Å²) in [5.41, 5.74) is 3.29. The fourth-order valence-electron chi connectivity index (χ4n) is 2.96. The Balaban J connectivity index is 1.47. The van der Waals surface area contributed by atoms with Gasteiger partial charge in [-0.25, -0.2) is 4.98 Å². The number of nitrogens with zero attached hydrogens (tertiary/aromatic N) is 1. The topological polar surface area (TPSA) is 51.2 Å². The lowest BCUT2D eigenvalue weighted by atomic mass is 10.1. The quantitative estimate of drug-likeness (QED) is 0.332. The molecule has 3 aromatic carbocycles. The van der Waals surface area contributed by atoms with Crippen molar-refractivity contribution in [3.63, 3.8) is 0 Å². The van der Waals surface area contributed by atoms with Gasteiger partial charge in [0.1, 0.15) is 10.8 Å². The highest BCUT2D eigenvalue weighted by Gasteiger charge is 2.09. The molecule has 0 radical (unpaired) electrons. The van der Waals surface area contributed by atoms with Crippen molar-refractivity contribution in [1.29, 1.82) is 0 Å². The molecule has 4 nitrogen and oxygen atoms in total. The van der Waals surface area contributed by atoms with Crippen LogP contribution in [0.25, 0.3) is 26.9 Å². The van der Waals surface area contributed by atoms with E-state index in [9.17, 15) is 4.79 Å². The van der Waals surface area contributed by atoms with E-state index in [1.807, 2.05) is 42.5 Å². The third kappa shape index (κ3) is 4.49. The number of carbonyl (C=O) groups excluding carboxylic acids is 1. The molecule has 0 spiro atoms. The average molecular weight is 455 g/mol. The molecule has 1 N–H and O–H groups in total. The van der Waals surface area contributed by atoms with E-state index in [1.54, 1.807) is 29.5 Å². The van der Waals surface area contributed by atoms with Crippen molar-refractivity contribution in [1.82, 2.24) is 4.98 Å². The first-order chi connectivity index (χ1) is 14.5. The zero-order chi connectivity index (χ0) is 21.1.